The molecule has 0 rings (SSSR count). The zero-order chi connectivity index (χ0) is 11.8. The Morgan fingerprint density at radius 3 is 2.33 bits per heavy atom. The van der Waals surface area contributed by atoms with Gasteiger partial charge in [0.15, 0.2) is 0 Å². The van der Waals surface area contributed by atoms with Crippen molar-refractivity contribution in [3.63, 3.8) is 0 Å². The van der Waals surface area contributed by atoms with Gasteiger partial charge in [0.2, 0.25) is 5.91 Å². The van der Waals surface area contributed by atoms with Crippen LogP contribution in [-0.4, -0.2) is 37.0 Å². The standard InChI is InChI=1S/C11H21NO3/c1-5-6-12(8-11(14)15-4)10(13)7-9(2)3/h9H,5-8H2,1-4H3. The molecule has 0 N–H and O–H groups in total. The molecule has 0 fully saturated rings. The lowest BCUT2D eigenvalue weighted by atomic mass is 10.1. The van der Waals surface area contributed by atoms with Crippen LogP contribution in [0.4, 0.5) is 0 Å². The van der Waals surface area contributed by atoms with E-state index in [0.29, 0.717) is 18.9 Å². The van der Waals surface area contributed by atoms with Crippen molar-refractivity contribution in [2.45, 2.75) is 33.6 Å². The third-order valence-corrected chi connectivity index (χ3v) is 1.98. The van der Waals surface area contributed by atoms with E-state index in [-0.39, 0.29) is 18.4 Å². The van der Waals surface area contributed by atoms with Gasteiger partial charge in [-0.1, -0.05) is 20.8 Å². The Bertz CT molecular complexity index is 214. The number of nitrogens with zero attached hydrogens (tertiary/aromatic N) is 1. The van der Waals surface area contributed by atoms with Crippen LogP contribution in [0, 0.1) is 5.92 Å². The summed E-state index contributed by atoms with van der Waals surface area (Å²) in [4.78, 5) is 24.3. The highest BCUT2D eigenvalue weighted by atomic mass is 16.5. The molecule has 0 atom stereocenters. The molecule has 0 unspecified atom stereocenters. The summed E-state index contributed by atoms with van der Waals surface area (Å²) >= 11 is 0. The van der Waals surface area contributed by atoms with Gasteiger partial charge in [0, 0.05) is 13.0 Å². The highest BCUT2D eigenvalue weighted by Crippen LogP contribution is 2.05. The fourth-order valence-corrected chi connectivity index (χ4v) is 1.26. The van der Waals surface area contributed by atoms with Gasteiger partial charge in [-0.05, 0) is 12.3 Å². The van der Waals surface area contributed by atoms with Gasteiger partial charge in [-0.3, -0.25) is 9.59 Å². The van der Waals surface area contributed by atoms with Crippen molar-refractivity contribution in [2.75, 3.05) is 20.2 Å². The molecule has 0 aliphatic carbocycles. The first-order valence-electron chi connectivity index (χ1n) is 5.35. The molecule has 0 heterocycles. The van der Waals surface area contributed by atoms with Gasteiger partial charge in [-0.15, -0.1) is 0 Å². The van der Waals surface area contributed by atoms with E-state index < -0.39 is 0 Å². The lowest BCUT2D eigenvalue weighted by molar-refractivity contribution is -0.147. The quantitative estimate of drug-likeness (QED) is 0.630. The van der Waals surface area contributed by atoms with Crippen LogP contribution in [0.25, 0.3) is 0 Å². The maximum absolute atomic E-state index is 11.7. The van der Waals surface area contributed by atoms with Crippen molar-refractivity contribution in [2.24, 2.45) is 5.92 Å². The van der Waals surface area contributed by atoms with Gasteiger partial charge in [-0.2, -0.15) is 0 Å². The molecule has 1 amide bonds. The molecule has 0 saturated heterocycles. The molecule has 0 spiro atoms. The fraction of sp³-hybridized carbons (Fsp3) is 0.818. The van der Waals surface area contributed by atoms with Crippen LogP contribution in [0.15, 0.2) is 0 Å². The van der Waals surface area contributed by atoms with Crippen LogP contribution < -0.4 is 0 Å². The van der Waals surface area contributed by atoms with E-state index >= 15 is 0 Å². The van der Waals surface area contributed by atoms with Crippen LogP contribution in [0.2, 0.25) is 0 Å². The number of ether oxygens (including phenoxy) is 1. The molecule has 0 radical (unpaired) electrons. The largest absolute Gasteiger partial charge is 0.468 e. The van der Waals surface area contributed by atoms with Gasteiger partial charge in [0.25, 0.3) is 0 Å². The average Bonchev–Trinajstić information content (AvgIpc) is 2.15. The highest BCUT2D eigenvalue weighted by Gasteiger charge is 2.17. The second kappa shape index (κ2) is 7.26. The zero-order valence-corrected chi connectivity index (χ0v) is 10.1. The van der Waals surface area contributed by atoms with Crippen molar-refractivity contribution in [3.8, 4) is 0 Å². The lowest BCUT2D eigenvalue weighted by Gasteiger charge is -2.21. The van der Waals surface area contributed by atoms with E-state index in [4.69, 9.17) is 0 Å². The number of methoxy groups -OCH3 is 1. The number of carbonyl (C=O) groups excluding carboxylic acids is 2. The SMILES string of the molecule is CCCN(CC(=O)OC)C(=O)CC(C)C. The predicted octanol–water partition coefficient (Wildman–Crippen LogP) is 1.44. The van der Waals surface area contributed by atoms with Crippen molar-refractivity contribution >= 4 is 11.9 Å². The molecule has 0 saturated carbocycles. The normalized spacial score (nSPS) is 10.2. The van der Waals surface area contributed by atoms with E-state index in [1.807, 2.05) is 20.8 Å². The van der Waals surface area contributed by atoms with E-state index in [1.165, 1.54) is 7.11 Å². The first-order chi connectivity index (χ1) is 7.01. The molecule has 88 valence electrons. The number of carbonyl (C=O) groups is 2. The van der Waals surface area contributed by atoms with Gasteiger partial charge < -0.3 is 9.64 Å². The van der Waals surface area contributed by atoms with Gasteiger partial charge in [0.1, 0.15) is 6.54 Å². The summed E-state index contributed by atoms with van der Waals surface area (Å²) in [5.74, 6) is -0.0210. The molecular weight excluding hydrogens is 194 g/mol. The van der Waals surface area contributed by atoms with Crippen LogP contribution in [-0.2, 0) is 14.3 Å². The average molecular weight is 215 g/mol. The Kier molecular flexibility index (Phi) is 6.75. The van der Waals surface area contributed by atoms with Crippen LogP contribution in [0.1, 0.15) is 33.6 Å². The molecule has 4 heteroatoms. The van der Waals surface area contributed by atoms with E-state index in [9.17, 15) is 9.59 Å². The lowest BCUT2D eigenvalue weighted by Crippen LogP contribution is -2.37. The first kappa shape index (κ1) is 13.9. The number of hydrogen-bond acceptors (Lipinski definition) is 3. The number of rotatable bonds is 6. The van der Waals surface area contributed by atoms with Crippen molar-refractivity contribution in [3.05, 3.63) is 0 Å². The zero-order valence-electron chi connectivity index (χ0n) is 10.1. The van der Waals surface area contributed by atoms with Crippen molar-refractivity contribution in [1.82, 2.24) is 4.90 Å². The molecular formula is C11H21NO3. The Morgan fingerprint density at radius 2 is 1.93 bits per heavy atom. The second-order valence-corrected chi connectivity index (χ2v) is 3.99. The highest BCUT2D eigenvalue weighted by molar-refractivity contribution is 5.82. The van der Waals surface area contributed by atoms with Crippen LogP contribution in [0.3, 0.4) is 0 Å². The molecule has 0 aromatic rings. The molecule has 4 nitrogen and oxygen atoms in total. The fourth-order valence-electron chi connectivity index (χ4n) is 1.26. The number of amides is 1. The van der Waals surface area contributed by atoms with E-state index in [2.05, 4.69) is 4.74 Å². The van der Waals surface area contributed by atoms with Crippen LogP contribution in [0.5, 0.6) is 0 Å². The van der Waals surface area contributed by atoms with Gasteiger partial charge >= 0.3 is 5.97 Å². The Hall–Kier alpha value is -1.06. The van der Waals surface area contributed by atoms with Gasteiger partial charge in [0.05, 0.1) is 7.11 Å². The van der Waals surface area contributed by atoms with E-state index in [0.717, 1.165) is 6.42 Å². The molecule has 0 aromatic heterocycles. The maximum atomic E-state index is 11.7. The third kappa shape index (κ3) is 6.10. The summed E-state index contributed by atoms with van der Waals surface area (Å²) in [5, 5.41) is 0. The summed E-state index contributed by atoms with van der Waals surface area (Å²) in [6.45, 7) is 6.63. The molecule has 0 bridgehead atoms. The summed E-state index contributed by atoms with van der Waals surface area (Å²) in [5.41, 5.74) is 0. The van der Waals surface area contributed by atoms with Crippen molar-refractivity contribution in [1.29, 1.82) is 0 Å². The number of esters is 1. The maximum Gasteiger partial charge on any atom is 0.325 e. The summed E-state index contributed by atoms with van der Waals surface area (Å²) < 4.78 is 4.55. The Morgan fingerprint density at radius 1 is 1.33 bits per heavy atom. The van der Waals surface area contributed by atoms with Gasteiger partial charge in [-0.25, -0.2) is 0 Å². The Labute approximate surface area is 91.6 Å². The first-order valence-corrected chi connectivity index (χ1v) is 5.35. The second-order valence-electron chi connectivity index (χ2n) is 3.99. The minimum Gasteiger partial charge on any atom is -0.468 e. The Balaban J connectivity index is 4.24. The third-order valence-electron chi connectivity index (χ3n) is 1.98. The molecule has 0 aliphatic heterocycles. The topological polar surface area (TPSA) is 46.6 Å². The minimum atomic E-state index is -0.361. The number of hydrogen-bond donors (Lipinski definition) is 0. The summed E-state index contributed by atoms with van der Waals surface area (Å²) in [7, 11) is 1.33. The van der Waals surface area contributed by atoms with E-state index in [1.54, 1.807) is 4.90 Å². The molecule has 15 heavy (non-hydrogen) atoms. The summed E-state index contributed by atoms with van der Waals surface area (Å²) in [6, 6.07) is 0. The smallest absolute Gasteiger partial charge is 0.325 e. The summed E-state index contributed by atoms with van der Waals surface area (Å²) in [6.07, 6.45) is 1.33. The monoisotopic (exact) mass is 215 g/mol. The van der Waals surface area contributed by atoms with Crippen LogP contribution >= 0.6 is 0 Å². The minimum absolute atomic E-state index is 0.0252. The molecule has 0 aromatic carbocycles. The predicted molar refractivity (Wildman–Crippen MR) is 58.3 cm³/mol. The molecule has 0 aliphatic rings. The van der Waals surface area contributed by atoms with Crippen molar-refractivity contribution < 1.29 is 14.3 Å².